The van der Waals surface area contributed by atoms with Gasteiger partial charge < -0.3 is 24.7 Å². The molecule has 0 bridgehead atoms. The SMILES string of the molecule is CCO[PH](=O)C(C)C[C@@H](O)[C@@H](O)[C@@H](O)/C=N/OCc1ccccc1. The highest BCUT2D eigenvalue weighted by Gasteiger charge is 2.27. The topological polar surface area (TPSA) is 109 Å². The molecule has 0 aliphatic carbocycles. The molecule has 0 aliphatic heterocycles. The minimum Gasteiger partial charge on any atom is -0.391 e. The summed E-state index contributed by atoms with van der Waals surface area (Å²) in [6.45, 7) is 3.96. The average molecular weight is 359 g/mol. The third kappa shape index (κ3) is 7.55. The Bertz CT molecular complexity index is 513. The molecule has 136 valence electrons. The fraction of sp³-hybridized carbons (Fsp3) is 0.562. The van der Waals surface area contributed by atoms with Crippen LogP contribution in [0.5, 0.6) is 0 Å². The fourth-order valence-electron chi connectivity index (χ4n) is 1.99. The van der Waals surface area contributed by atoms with Crippen molar-refractivity contribution in [2.24, 2.45) is 5.16 Å². The zero-order valence-corrected chi connectivity index (χ0v) is 14.9. The first kappa shape index (κ1) is 20.8. The lowest BCUT2D eigenvalue weighted by Gasteiger charge is -2.22. The first-order valence-electron chi connectivity index (χ1n) is 7.85. The van der Waals surface area contributed by atoms with Crippen molar-refractivity contribution in [1.82, 2.24) is 0 Å². The number of aliphatic hydroxyl groups is 3. The lowest BCUT2D eigenvalue weighted by molar-refractivity contribution is -0.0370. The van der Waals surface area contributed by atoms with Gasteiger partial charge in [-0.25, -0.2) is 0 Å². The van der Waals surface area contributed by atoms with Gasteiger partial charge in [0.25, 0.3) is 0 Å². The zero-order chi connectivity index (χ0) is 17.9. The van der Waals surface area contributed by atoms with Gasteiger partial charge in [-0.15, -0.1) is 0 Å². The monoisotopic (exact) mass is 359 g/mol. The van der Waals surface area contributed by atoms with Gasteiger partial charge in [0.1, 0.15) is 18.8 Å². The number of nitrogens with zero attached hydrogens (tertiary/aromatic N) is 1. The molecule has 0 radical (unpaired) electrons. The van der Waals surface area contributed by atoms with Crippen molar-refractivity contribution in [2.45, 2.75) is 50.8 Å². The Balaban J connectivity index is 2.38. The normalized spacial score (nSPS) is 18.0. The van der Waals surface area contributed by atoms with Crippen molar-refractivity contribution in [2.75, 3.05) is 6.61 Å². The van der Waals surface area contributed by atoms with Crippen LogP contribution in [0.25, 0.3) is 0 Å². The van der Waals surface area contributed by atoms with Crippen LogP contribution in [0.2, 0.25) is 0 Å². The smallest absolute Gasteiger partial charge is 0.194 e. The summed E-state index contributed by atoms with van der Waals surface area (Å²) in [6.07, 6.45) is -3.02. The van der Waals surface area contributed by atoms with Crippen molar-refractivity contribution in [1.29, 1.82) is 0 Å². The zero-order valence-electron chi connectivity index (χ0n) is 13.9. The molecule has 1 aromatic carbocycles. The molecule has 1 aromatic rings. The number of hydrogen-bond donors (Lipinski definition) is 3. The van der Waals surface area contributed by atoms with E-state index in [2.05, 4.69) is 5.16 Å². The van der Waals surface area contributed by atoms with Crippen LogP contribution < -0.4 is 0 Å². The summed E-state index contributed by atoms with van der Waals surface area (Å²) >= 11 is 0. The third-order valence-electron chi connectivity index (χ3n) is 3.39. The van der Waals surface area contributed by atoms with E-state index in [-0.39, 0.29) is 13.0 Å². The molecule has 5 atom stereocenters. The minimum atomic E-state index is -2.28. The molecule has 0 fully saturated rings. The van der Waals surface area contributed by atoms with Crippen molar-refractivity contribution in [3.63, 3.8) is 0 Å². The van der Waals surface area contributed by atoms with Crippen molar-refractivity contribution >= 4 is 14.2 Å². The van der Waals surface area contributed by atoms with Crippen LogP contribution in [0, 0.1) is 0 Å². The van der Waals surface area contributed by atoms with E-state index in [0.717, 1.165) is 11.8 Å². The molecule has 0 aromatic heterocycles. The summed E-state index contributed by atoms with van der Waals surface area (Å²) < 4.78 is 16.7. The molecule has 0 heterocycles. The molecule has 0 spiro atoms. The summed E-state index contributed by atoms with van der Waals surface area (Å²) in [7, 11) is -2.28. The number of rotatable bonds is 11. The van der Waals surface area contributed by atoms with E-state index in [1.54, 1.807) is 13.8 Å². The van der Waals surface area contributed by atoms with E-state index in [9.17, 15) is 19.9 Å². The molecule has 3 N–H and O–H groups in total. The summed E-state index contributed by atoms with van der Waals surface area (Å²) in [5.41, 5.74) is 0.512. The molecule has 8 heteroatoms. The Labute approximate surface area is 142 Å². The molecule has 0 aliphatic rings. The number of hydrogen-bond acceptors (Lipinski definition) is 7. The lowest BCUT2D eigenvalue weighted by Crippen LogP contribution is -2.39. The van der Waals surface area contributed by atoms with E-state index in [1.165, 1.54) is 0 Å². The van der Waals surface area contributed by atoms with Crippen LogP contribution in [0.4, 0.5) is 0 Å². The van der Waals surface area contributed by atoms with Gasteiger partial charge in [-0.1, -0.05) is 42.4 Å². The molecular weight excluding hydrogens is 333 g/mol. The quantitative estimate of drug-likeness (QED) is 0.314. The lowest BCUT2D eigenvalue weighted by atomic mass is 10.0. The van der Waals surface area contributed by atoms with E-state index in [0.29, 0.717) is 6.61 Å². The van der Waals surface area contributed by atoms with Crippen LogP contribution in [-0.4, -0.2) is 52.1 Å². The maximum absolute atomic E-state index is 11.7. The maximum atomic E-state index is 11.7. The van der Waals surface area contributed by atoms with Gasteiger partial charge in [0.2, 0.25) is 0 Å². The summed E-state index contributed by atoms with van der Waals surface area (Å²) in [5, 5.41) is 33.2. The molecule has 7 nitrogen and oxygen atoms in total. The predicted molar refractivity (Wildman–Crippen MR) is 92.4 cm³/mol. The van der Waals surface area contributed by atoms with Crippen molar-refractivity contribution in [3.05, 3.63) is 35.9 Å². The highest BCUT2D eigenvalue weighted by molar-refractivity contribution is 7.40. The minimum absolute atomic E-state index is 0.0503. The first-order chi connectivity index (χ1) is 11.5. The second-order valence-corrected chi connectivity index (χ2v) is 7.36. The van der Waals surface area contributed by atoms with Gasteiger partial charge in [0.15, 0.2) is 8.03 Å². The molecule has 24 heavy (non-hydrogen) atoms. The highest BCUT2D eigenvalue weighted by Crippen LogP contribution is 2.32. The van der Waals surface area contributed by atoms with Gasteiger partial charge >= 0.3 is 0 Å². The average Bonchev–Trinajstić information content (AvgIpc) is 2.58. The van der Waals surface area contributed by atoms with E-state index in [1.807, 2.05) is 30.3 Å². The van der Waals surface area contributed by atoms with E-state index < -0.39 is 32.0 Å². The van der Waals surface area contributed by atoms with Gasteiger partial charge in [-0.05, 0) is 18.9 Å². The van der Waals surface area contributed by atoms with Crippen LogP contribution in [-0.2, 0) is 20.5 Å². The summed E-state index contributed by atoms with van der Waals surface area (Å²) in [5.74, 6) is 0. The van der Waals surface area contributed by atoms with E-state index in [4.69, 9.17) is 9.36 Å². The standard InChI is InChI=1S/C16H26NO6P/c1-3-23-24(21)12(2)9-14(18)16(20)15(19)10-17-22-11-13-7-5-4-6-8-13/h4-8,10,12,14-16,18-20,24H,3,9,11H2,1-2H3/b17-10+/t12?,14-,15+,16-/m1/s1. The van der Waals surface area contributed by atoms with Gasteiger partial charge in [-0.2, -0.15) is 0 Å². The van der Waals surface area contributed by atoms with Gasteiger partial charge in [0, 0.05) is 5.66 Å². The van der Waals surface area contributed by atoms with Crippen LogP contribution in [0.15, 0.2) is 35.5 Å². The second kappa shape index (κ2) is 11.3. The summed E-state index contributed by atoms with van der Waals surface area (Å²) in [6, 6.07) is 9.35. The molecule has 2 unspecified atom stereocenters. The highest BCUT2D eigenvalue weighted by atomic mass is 31.1. The first-order valence-corrected chi connectivity index (χ1v) is 9.25. The second-order valence-electron chi connectivity index (χ2n) is 5.45. The molecule has 0 amide bonds. The Kier molecular flexibility index (Phi) is 9.83. The Hall–Kier alpha value is -1.24. The van der Waals surface area contributed by atoms with Gasteiger partial charge in [0.05, 0.1) is 18.9 Å². The van der Waals surface area contributed by atoms with Gasteiger partial charge in [-0.3, -0.25) is 4.57 Å². The molecule has 0 saturated heterocycles. The fourth-order valence-corrected chi connectivity index (χ4v) is 2.99. The largest absolute Gasteiger partial charge is 0.391 e. The Morgan fingerprint density at radius 3 is 2.54 bits per heavy atom. The van der Waals surface area contributed by atoms with Crippen LogP contribution in [0.1, 0.15) is 25.8 Å². The third-order valence-corrected chi connectivity index (χ3v) is 5.00. The van der Waals surface area contributed by atoms with Crippen molar-refractivity contribution in [3.8, 4) is 0 Å². The van der Waals surface area contributed by atoms with E-state index >= 15 is 0 Å². The number of aliphatic hydroxyl groups excluding tert-OH is 3. The molecule has 0 saturated carbocycles. The Morgan fingerprint density at radius 2 is 1.92 bits per heavy atom. The predicted octanol–water partition coefficient (Wildman–Crippen LogP) is 1.56. The maximum Gasteiger partial charge on any atom is 0.194 e. The summed E-state index contributed by atoms with van der Waals surface area (Å²) in [4.78, 5) is 5.02. The number of benzene rings is 1. The van der Waals surface area contributed by atoms with Crippen molar-refractivity contribution < 1.29 is 29.2 Å². The van der Waals surface area contributed by atoms with Crippen LogP contribution >= 0.6 is 8.03 Å². The molecular formula is C16H26NO6P. The van der Waals surface area contributed by atoms with Crippen LogP contribution in [0.3, 0.4) is 0 Å². The number of oxime groups is 1. The molecule has 1 rings (SSSR count). The Morgan fingerprint density at radius 1 is 1.25 bits per heavy atom.